The molecule has 0 aliphatic carbocycles. The molecule has 8 aromatic rings. The minimum Gasteiger partial charge on any atom is -0.455 e. The first-order chi connectivity index (χ1) is 16.4. The molecule has 2 nitrogen and oxygen atoms in total. The van der Waals surface area contributed by atoms with Crippen LogP contribution in [0, 0.1) is 0 Å². The summed E-state index contributed by atoms with van der Waals surface area (Å²) >= 11 is 1.88. The molecule has 0 aliphatic heterocycles. The van der Waals surface area contributed by atoms with Gasteiger partial charge in [0.15, 0.2) is 0 Å². The highest BCUT2D eigenvalue weighted by atomic mass is 32.1. The Balaban J connectivity index is 1.80. The highest BCUT2D eigenvalue weighted by Crippen LogP contribution is 2.50. The molecule has 0 N–H and O–H groups in total. The average molecular weight is 440 g/mol. The van der Waals surface area contributed by atoms with Crippen LogP contribution in [0.3, 0.4) is 0 Å². The summed E-state index contributed by atoms with van der Waals surface area (Å²) < 4.78 is 11.7. The van der Waals surface area contributed by atoms with Crippen molar-refractivity contribution in [3.05, 3.63) is 103 Å². The lowest BCUT2D eigenvalue weighted by Gasteiger charge is -2.08. The predicted molar refractivity (Wildman–Crippen MR) is 141 cm³/mol. The summed E-state index contributed by atoms with van der Waals surface area (Å²) in [5.41, 5.74) is 5.51. The van der Waals surface area contributed by atoms with Gasteiger partial charge >= 0.3 is 0 Å². The lowest BCUT2D eigenvalue weighted by Crippen LogP contribution is -1.93. The first-order valence-electron chi connectivity index (χ1n) is 11.1. The van der Waals surface area contributed by atoms with E-state index in [1.165, 1.54) is 52.8 Å². The second-order valence-electron chi connectivity index (χ2n) is 8.52. The Labute approximate surface area is 192 Å². The average Bonchev–Trinajstić information content (AvgIpc) is 3.53. The van der Waals surface area contributed by atoms with Crippen LogP contribution in [0.4, 0.5) is 0 Å². The standard InChI is InChI=1S/C30H17NOS/c1-2-10-18(11-3-1)31-22-15-7-4-12-19(22)27-28(31)30-26(21-14-6-9-17-24(21)33-30)25-20-13-5-8-16-23(20)32-29(25)27/h1-17H. The van der Waals surface area contributed by atoms with Crippen molar-refractivity contribution < 1.29 is 4.42 Å². The largest absolute Gasteiger partial charge is 0.455 e. The molecule has 3 heteroatoms. The monoisotopic (exact) mass is 439 g/mol. The van der Waals surface area contributed by atoms with Gasteiger partial charge in [0.2, 0.25) is 0 Å². The molecule has 3 heterocycles. The van der Waals surface area contributed by atoms with Gasteiger partial charge in [0.25, 0.3) is 0 Å². The maximum absolute atomic E-state index is 6.64. The van der Waals surface area contributed by atoms with Crippen molar-refractivity contribution in [2.24, 2.45) is 0 Å². The normalized spacial score (nSPS) is 12.2. The van der Waals surface area contributed by atoms with Gasteiger partial charge in [-0.2, -0.15) is 0 Å². The van der Waals surface area contributed by atoms with E-state index in [-0.39, 0.29) is 0 Å². The maximum Gasteiger partial charge on any atom is 0.146 e. The zero-order chi connectivity index (χ0) is 21.5. The zero-order valence-corrected chi connectivity index (χ0v) is 18.4. The van der Waals surface area contributed by atoms with Crippen molar-refractivity contribution in [1.82, 2.24) is 4.57 Å². The van der Waals surface area contributed by atoms with E-state index >= 15 is 0 Å². The summed E-state index contributed by atoms with van der Waals surface area (Å²) in [6.07, 6.45) is 0. The molecule has 0 fully saturated rings. The van der Waals surface area contributed by atoms with E-state index in [0.29, 0.717) is 0 Å². The first kappa shape index (κ1) is 17.5. The van der Waals surface area contributed by atoms with Crippen LogP contribution < -0.4 is 0 Å². The highest BCUT2D eigenvalue weighted by molar-refractivity contribution is 7.27. The third-order valence-electron chi connectivity index (χ3n) is 6.77. The van der Waals surface area contributed by atoms with Crippen LogP contribution in [0.5, 0.6) is 0 Å². The quantitative estimate of drug-likeness (QED) is 0.249. The van der Waals surface area contributed by atoms with Gasteiger partial charge in [-0.3, -0.25) is 0 Å². The molecule has 5 aromatic carbocycles. The van der Waals surface area contributed by atoms with Crippen LogP contribution in [-0.2, 0) is 0 Å². The fourth-order valence-electron chi connectivity index (χ4n) is 5.46. The van der Waals surface area contributed by atoms with Crippen LogP contribution in [0.25, 0.3) is 69.6 Å². The second kappa shape index (κ2) is 6.25. The van der Waals surface area contributed by atoms with E-state index in [9.17, 15) is 0 Å². The summed E-state index contributed by atoms with van der Waals surface area (Å²) in [5, 5.41) is 7.41. The van der Waals surface area contributed by atoms with E-state index < -0.39 is 0 Å². The smallest absolute Gasteiger partial charge is 0.146 e. The van der Waals surface area contributed by atoms with E-state index in [1.54, 1.807) is 0 Å². The SMILES string of the molecule is c1ccc(-n2c3ccccc3c3c4oc5ccccc5c4c4c5ccccc5sc4c32)cc1. The van der Waals surface area contributed by atoms with E-state index in [4.69, 9.17) is 4.42 Å². The summed E-state index contributed by atoms with van der Waals surface area (Å²) in [7, 11) is 0. The lowest BCUT2D eigenvalue weighted by atomic mass is 10.0. The van der Waals surface area contributed by atoms with Crippen molar-refractivity contribution in [2.75, 3.05) is 0 Å². The molecular formula is C30H17NOS. The van der Waals surface area contributed by atoms with Gasteiger partial charge in [-0.15, -0.1) is 11.3 Å². The van der Waals surface area contributed by atoms with Gasteiger partial charge in [0.1, 0.15) is 11.2 Å². The fourth-order valence-corrected chi connectivity index (χ4v) is 6.71. The summed E-state index contributed by atoms with van der Waals surface area (Å²) in [6, 6.07) is 36.5. The molecule has 0 amide bonds. The number of nitrogens with zero attached hydrogens (tertiary/aromatic N) is 1. The zero-order valence-electron chi connectivity index (χ0n) is 17.6. The Hall–Kier alpha value is -4.08. The van der Waals surface area contributed by atoms with Crippen LogP contribution in [-0.4, -0.2) is 4.57 Å². The van der Waals surface area contributed by atoms with Crippen LogP contribution >= 0.6 is 11.3 Å². The van der Waals surface area contributed by atoms with Crippen molar-refractivity contribution in [1.29, 1.82) is 0 Å². The van der Waals surface area contributed by atoms with Crippen LogP contribution in [0.1, 0.15) is 0 Å². The molecule has 0 bridgehead atoms. The van der Waals surface area contributed by atoms with Gasteiger partial charge < -0.3 is 8.98 Å². The Bertz CT molecular complexity index is 2020. The summed E-state index contributed by atoms with van der Waals surface area (Å²) in [4.78, 5) is 0. The van der Waals surface area contributed by atoms with E-state index in [1.807, 2.05) is 11.3 Å². The molecule has 0 saturated heterocycles. The van der Waals surface area contributed by atoms with E-state index in [0.717, 1.165) is 16.9 Å². The molecule has 0 atom stereocenters. The molecular weight excluding hydrogens is 422 g/mol. The van der Waals surface area contributed by atoms with Crippen molar-refractivity contribution in [3.8, 4) is 5.69 Å². The van der Waals surface area contributed by atoms with Crippen molar-refractivity contribution in [2.45, 2.75) is 0 Å². The molecule has 0 spiro atoms. The van der Waals surface area contributed by atoms with Crippen molar-refractivity contribution in [3.63, 3.8) is 0 Å². The number of para-hydroxylation sites is 3. The number of hydrogen-bond donors (Lipinski definition) is 0. The Morgan fingerprint density at radius 2 is 1.27 bits per heavy atom. The Morgan fingerprint density at radius 3 is 2.15 bits per heavy atom. The molecule has 3 aromatic heterocycles. The second-order valence-corrected chi connectivity index (χ2v) is 9.57. The molecule has 154 valence electrons. The first-order valence-corrected chi connectivity index (χ1v) is 11.9. The third-order valence-corrected chi connectivity index (χ3v) is 7.95. The third kappa shape index (κ3) is 2.17. The minimum absolute atomic E-state index is 0.938. The maximum atomic E-state index is 6.64. The number of hydrogen-bond acceptors (Lipinski definition) is 2. The number of benzene rings is 5. The molecule has 8 rings (SSSR count). The summed E-state index contributed by atoms with van der Waals surface area (Å²) in [6.45, 7) is 0. The van der Waals surface area contributed by atoms with Crippen LogP contribution in [0.2, 0.25) is 0 Å². The predicted octanol–water partition coefficient (Wildman–Crippen LogP) is 9.05. The number of aromatic nitrogens is 1. The Kier molecular flexibility index (Phi) is 3.31. The number of thiophene rings is 1. The number of furan rings is 1. The van der Waals surface area contributed by atoms with E-state index in [2.05, 4.69) is 108 Å². The Morgan fingerprint density at radius 1 is 0.576 bits per heavy atom. The van der Waals surface area contributed by atoms with Gasteiger partial charge in [0.05, 0.1) is 21.1 Å². The fraction of sp³-hybridized carbons (Fsp3) is 0. The molecule has 0 saturated carbocycles. The van der Waals surface area contributed by atoms with Gasteiger partial charge in [0, 0.05) is 37.3 Å². The molecule has 33 heavy (non-hydrogen) atoms. The minimum atomic E-state index is 0.938. The molecule has 0 unspecified atom stereocenters. The molecule has 0 aliphatic rings. The van der Waals surface area contributed by atoms with Gasteiger partial charge in [-0.1, -0.05) is 72.8 Å². The van der Waals surface area contributed by atoms with Crippen molar-refractivity contribution >= 4 is 75.3 Å². The summed E-state index contributed by atoms with van der Waals surface area (Å²) in [5.74, 6) is 0. The lowest BCUT2D eigenvalue weighted by molar-refractivity contribution is 0.673. The number of fused-ring (bicyclic) bond motifs is 12. The number of rotatable bonds is 1. The van der Waals surface area contributed by atoms with Crippen LogP contribution in [0.15, 0.2) is 108 Å². The highest BCUT2D eigenvalue weighted by Gasteiger charge is 2.24. The van der Waals surface area contributed by atoms with Gasteiger partial charge in [-0.05, 0) is 30.3 Å². The molecule has 0 radical (unpaired) electrons. The topological polar surface area (TPSA) is 18.1 Å². The van der Waals surface area contributed by atoms with Gasteiger partial charge in [-0.25, -0.2) is 0 Å².